The number of aliphatic imine (C=N–C) groups is 1. The molecule has 2 rings (SSSR count). The highest BCUT2D eigenvalue weighted by atomic mass is 16.5. The second-order valence-electron chi connectivity index (χ2n) is 6.34. The molecule has 0 saturated heterocycles. The lowest BCUT2D eigenvalue weighted by molar-refractivity contribution is 0.311. The van der Waals surface area contributed by atoms with Crippen molar-refractivity contribution in [2.24, 2.45) is 12.0 Å². The Morgan fingerprint density at radius 1 is 1.11 bits per heavy atom. The summed E-state index contributed by atoms with van der Waals surface area (Å²) in [5.74, 6) is 1.75. The number of benzene rings is 1. The number of hydrogen-bond donors (Lipinski definition) is 2. The number of hydrogen-bond acceptors (Lipinski definition) is 3. The molecule has 0 aliphatic rings. The van der Waals surface area contributed by atoms with Gasteiger partial charge in [-0.05, 0) is 38.3 Å². The van der Waals surface area contributed by atoms with Crippen LogP contribution < -0.4 is 15.4 Å². The predicted octanol–water partition coefficient (Wildman–Crippen LogP) is 3.07. The van der Waals surface area contributed by atoms with Crippen molar-refractivity contribution in [2.75, 3.05) is 19.7 Å². The minimum atomic E-state index is 0.649. The number of para-hydroxylation sites is 1. The number of guanidine groups is 1. The monoisotopic (exact) mass is 371 g/mol. The molecule has 1 heterocycles. The van der Waals surface area contributed by atoms with Gasteiger partial charge in [0.2, 0.25) is 0 Å². The van der Waals surface area contributed by atoms with Crippen LogP contribution >= 0.6 is 0 Å². The van der Waals surface area contributed by atoms with Gasteiger partial charge in [-0.15, -0.1) is 0 Å². The zero-order valence-corrected chi connectivity index (χ0v) is 17.1. The standard InChI is InChI=1S/C21H33N5O/c1-5-19-18(20(6-2)26(4)25-19)16-24-21(22-7-3)23-14-11-15-27-17-12-9-8-10-13-17/h8-10,12-13H,5-7,11,14-16H2,1-4H3,(H2,22,23,24). The average Bonchev–Trinajstić information content (AvgIpc) is 3.01. The molecule has 2 aromatic rings. The topological polar surface area (TPSA) is 63.5 Å². The summed E-state index contributed by atoms with van der Waals surface area (Å²) in [6.07, 6.45) is 2.81. The first-order valence-electron chi connectivity index (χ1n) is 9.93. The van der Waals surface area contributed by atoms with Crippen molar-refractivity contribution < 1.29 is 4.74 Å². The summed E-state index contributed by atoms with van der Waals surface area (Å²) in [6, 6.07) is 9.91. The summed E-state index contributed by atoms with van der Waals surface area (Å²) in [5, 5.41) is 11.3. The summed E-state index contributed by atoms with van der Waals surface area (Å²) in [6.45, 7) is 9.36. The van der Waals surface area contributed by atoms with Crippen molar-refractivity contribution in [3.63, 3.8) is 0 Å². The fourth-order valence-corrected chi connectivity index (χ4v) is 3.06. The summed E-state index contributed by atoms with van der Waals surface area (Å²) in [7, 11) is 2.02. The third kappa shape index (κ3) is 6.31. The molecule has 0 fully saturated rings. The van der Waals surface area contributed by atoms with Crippen LogP contribution in [-0.4, -0.2) is 35.4 Å². The van der Waals surface area contributed by atoms with E-state index < -0.39 is 0 Å². The quantitative estimate of drug-likeness (QED) is 0.383. The van der Waals surface area contributed by atoms with E-state index in [2.05, 4.69) is 36.5 Å². The van der Waals surface area contributed by atoms with Gasteiger partial charge in [-0.3, -0.25) is 4.68 Å². The van der Waals surface area contributed by atoms with Gasteiger partial charge in [0.1, 0.15) is 5.75 Å². The first-order chi connectivity index (χ1) is 13.2. The smallest absolute Gasteiger partial charge is 0.191 e. The molecule has 6 heteroatoms. The Balaban J connectivity index is 1.87. The molecule has 0 amide bonds. The van der Waals surface area contributed by atoms with Gasteiger partial charge in [0.15, 0.2) is 5.96 Å². The van der Waals surface area contributed by atoms with Crippen LogP contribution in [0, 0.1) is 0 Å². The number of aromatic nitrogens is 2. The molecule has 0 radical (unpaired) electrons. The highest BCUT2D eigenvalue weighted by molar-refractivity contribution is 5.79. The average molecular weight is 372 g/mol. The van der Waals surface area contributed by atoms with Crippen LogP contribution in [0.1, 0.15) is 44.1 Å². The molecule has 0 bridgehead atoms. The van der Waals surface area contributed by atoms with E-state index in [1.165, 1.54) is 11.3 Å². The molecule has 0 unspecified atom stereocenters. The molecular weight excluding hydrogens is 338 g/mol. The van der Waals surface area contributed by atoms with Crippen molar-refractivity contribution in [2.45, 2.75) is 46.6 Å². The molecule has 0 spiro atoms. The Hall–Kier alpha value is -2.50. The van der Waals surface area contributed by atoms with E-state index in [0.29, 0.717) is 13.2 Å². The third-order valence-corrected chi connectivity index (χ3v) is 4.39. The van der Waals surface area contributed by atoms with Gasteiger partial charge in [0, 0.05) is 31.4 Å². The maximum Gasteiger partial charge on any atom is 0.191 e. The van der Waals surface area contributed by atoms with E-state index in [4.69, 9.17) is 9.73 Å². The van der Waals surface area contributed by atoms with Crippen molar-refractivity contribution in [3.8, 4) is 5.75 Å². The first kappa shape index (κ1) is 20.8. The number of aryl methyl sites for hydroxylation is 2. The predicted molar refractivity (Wildman–Crippen MR) is 111 cm³/mol. The fraction of sp³-hybridized carbons (Fsp3) is 0.524. The minimum absolute atomic E-state index is 0.649. The van der Waals surface area contributed by atoms with Gasteiger partial charge in [0.25, 0.3) is 0 Å². The Morgan fingerprint density at radius 3 is 2.56 bits per heavy atom. The van der Waals surface area contributed by atoms with Gasteiger partial charge in [0.05, 0.1) is 18.8 Å². The number of ether oxygens (including phenoxy) is 1. The van der Waals surface area contributed by atoms with Crippen LogP contribution in [0.4, 0.5) is 0 Å². The van der Waals surface area contributed by atoms with Crippen molar-refractivity contribution in [1.82, 2.24) is 20.4 Å². The lowest BCUT2D eigenvalue weighted by Gasteiger charge is -2.12. The molecule has 6 nitrogen and oxygen atoms in total. The van der Waals surface area contributed by atoms with Crippen molar-refractivity contribution in [3.05, 3.63) is 47.3 Å². The van der Waals surface area contributed by atoms with E-state index in [0.717, 1.165) is 49.8 Å². The van der Waals surface area contributed by atoms with Gasteiger partial charge >= 0.3 is 0 Å². The van der Waals surface area contributed by atoms with Gasteiger partial charge < -0.3 is 15.4 Å². The molecule has 0 aliphatic carbocycles. The number of nitrogens with one attached hydrogen (secondary N) is 2. The van der Waals surface area contributed by atoms with E-state index in [9.17, 15) is 0 Å². The highest BCUT2D eigenvalue weighted by Crippen LogP contribution is 2.16. The van der Waals surface area contributed by atoms with Gasteiger partial charge in [-0.25, -0.2) is 4.99 Å². The van der Waals surface area contributed by atoms with Crippen LogP contribution in [0.5, 0.6) is 5.75 Å². The zero-order valence-electron chi connectivity index (χ0n) is 17.1. The van der Waals surface area contributed by atoms with E-state index >= 15 is 0 Å². The molecule has 0 atom stereocenters. The normalized spacial score (nSPS) is 11.5. The highest BCUT2D eigenvalue weighted by Gasteiger charge is 2.13. The maximum atomic E-state index is 5.73. The Kier molecular flexibility index (Phi) is 8.68. The Morgan fingerprint density at radius 2 is 1.89 bits per heavy atom. The van der Waals surface area contributed by atoms with Crippen LogP contribution in [0.3, 0.4) is 0 Å². The number of rotatable bonds is 10. The second kappa shape index (κ2) is 11.3. The van der Waals surface area contributed by atoms with Crippen LogP contribution in [0.25, 0.3) is 0 Å². The summed E-state index contributed by atoms with van der Waals surface area (Å²) in [5.41, 5.74) is 3.67. The summed E-state index contributed by atoms with van der Waals surface area (Å²) in [4.78, 5) is 4.77. The molecule has 0 aliphatic heterocycles. The molecule has 2 N–H and O–H groups in total. The summed E-state index contributed by atoms with van der Waals surface area (Å²) >= 11 is 0. The van der Waals surface area contributed by atoms with Crippen molar-refractivity contribution in [1.29, 1.82) is 0 Å². The first-order valence-corrected chi connectivity index (χ1v) is 9.93. The molecule has 0 saturated carbocycles. The second-order valence-corrected chi connectivity index (χ2v) is 6.34. The maximum absolute atomic E-state index is 5.73. The Bertz CT molecular complexity index is 709. The largest absolute Gasteiger partial charge is 0.494 e. The lowest BCUT2D eigenvalue weighted by atomic mass is 10.1. The van der Waals surface area contributed by atoms with Crippen LogP contribution in [0.2, 0.25) is 0 Å². The van der Waals surface area contributed by atoms with E-state index in [1.807, 2.05) is 42.1 Å². The van der Waals surface area contributed by atoms with Gasteiger partial charge in [-0.2, -0.15) is 5.10 Å². The third-order valence-electron chi connectivity index (χ3n) is 4.39. The molecule has 1 aromatic heterocycles. The van der Waals surface area contributed by atoms with E-state index in [-0.39, 0.29) is 0 Å². The van der Waals surface area contributed by atoms with Gasteiger partial charge in [-0.1, -0.05) is 32.0 Å². The SMILES string of the molecule is CCNC(=NCc1c(CC)nn(C)c1CC)NCCCOc1ccccc1. The molecule has 148 valence electrons. The van der Waals surface area contributed by atoms with Crippen LogP contribution in [-0.2, 0) is 26.4 Å². The molecule has 1 aromatic carbocycles. The molecule has 27 heavy (non-hydrogen) atoms. The fourth-order valence-electron chi connectivity index (χ4n) is 3.06. The lowest BCUT2D eigenvalue weighted by Crippen LogP contribution is -2.38. The zero-order chi connectivity index (χ0) is 19.5. The Labute approximate surface area is 163 Å². The number of nitrogens with zero attached hydrogens (tertiary/aromatic N) is 3. The van der Waals surface area contributed by atoms with E-state index in [1.54, 1.807) is 0 Å². The van der Waals surface area contributed by atoms with Crippen LogP contribution in [0.15, 0.2) is 35.3 Å². The minimum Gasteiger partial charge on any atom is -0.494 e. The van der Waals surface area contributed by atoms with Crippen molar-refractivity contribution >= 4 is 5.96 Å². The molecular formula is C21H33N5O. The summed E-state index contributed by atoms with van der Waals surface area (Å²) < 4.78 is 7.72.